The number of nitrogens with one attached hydrogen (secondary N) is 1. The summed E-state index contributed by atoms with van der Waals surface area (Å²) in [6, 6.07) is 3.85. The second-order valence-electron chi connectivity index (χ2n) is 8.41. The van der Waals surface area contributed by atoms with Gasteiger partial charge in [0.05, 0.1) is 24.0 Å². The van der Waals surface area contributed by atoms with Crippen molar-refractivity contribution in [2.45, 2.75) is 52.1 Å². The maximum absolute atomic E-state index is 13.2. The van der Waals surface area contributed by atoms with Crippen LogP contribution in [0.3, 0.4) is 0 Å². The van der Waals surface area contributed by atoms with Crippen molar-refractivity contribution in [1.82, 2.24) is 29.7 Å². The van der Waals surface area contributed by atoms with Crippen molar-refractivity contribution < 1.29 is 27.8 Å². The predicted molar refractivity (Wildman–Crippen MR) is 124 cm³/mol. The van der Waals surface area contributed by atoms with E-state index in [0.29, 0.717) is 17.1 Å². The molecule has 0 amide bonds. The van der Waals surface area contributed by atoms with Crippen molar-refractivity contribution in [3.63, 3.8) is 0 Å². The highest BCUT2D eigenvalue weighted by molar-refractivity contribution is 7.18. The van der Waals surface area contributed by atoms with E-state index in [2.05, 4.69) is 32.1 Å². The number of aromatic amines is 1. The summed E-state index contributed by atoms with van der Waals surface area (Å²) >= 11 is 1.53. The fourth-order valence-electron chi connectivity index (χ4n) is 4.16. The monoisotopic (exact) mass is 521 g/mol. The molecule has 5 rings (SSSR count). The maximum Gasteiger partial charge on any atom is 0.451 e. The number of aryl methyl sites for hydroxylation is 1. The second-order valence-corrected chi connectivity index (χ2v) is 9.53. The number of aliphatic carboxylic acids is 1. The second kappa shape index (κ2) is 9.41. The predicted octanol–water partition coefficient (Wildman–Crippen LogP) is 3.81. The molecule has 10 nitrogen and oxygen atoms in total. The van der Waals surface area contributed by atoms with Gasteiger partial charge >= 0.3 is 18.2 Å². The van der Waals surface area contributed by atoms with Crippen LogP contribution in [0.25, 0.3) is 10.2 Å². The van der Waals surface area contributed by atoms with Gasteiger partial charge in [0, 0.05) is 24.2 Å². The van der Waals surface area contributed by atoms with Crippen LogP contribution in [0.5, 0.6) is 6.01 Å². The van der Waals surface area contributed by atoms with Crippen LogP contribution in [-0.2, 0) is 43.5 Å². The number of alkyl halides is 3. The number of thiophene rings is 1. The van der Waals surface area contributed by atoms with Crippen molar-refractivity contribution in [3.05, 3.63) is 46.1 Å². The number of anilines is 1. The lowest BCUT2D eigenvalue weighted by Crippen LogP contribution is -2.36. The molecule has 0 fully saturated rings. The van der Waals surface area contributed by atoms with E-state index in [1.54, 1.807) is 12.3 Å². The smallest absolute Gasteiger partial charge is 0.451 e. The lowest BCUT2D eigenvalue weighted by molar-refractivity contribution is -0.147. The van der Waals surface area contributed by atoms with Crippen molar-refractivity contribution in [3.8, 4) is 6.01 Å². The fourth-order valence-corrected chi connectivity index (χ4v) is 5.27. The van der Waals surface area contributed by atoms with Crippen LogP contribution in [0.1, 0.15) is 41.1 Å². The fraction of sp³-hybridized carbons (Fsp3) is 0.409. The van der Waals surface area contributed by atoms with E-state index in [4.69, 9.17) is 9.84 Å². The number of hydrogen-bond acceptors (Lipinski definition) is 8. The van der Waals surface area contributed by atoms with E-state index in [0.717, 1.165) is 32.5 Å². The Labute approximate surface area is 206 Å². The summed E-state index contributed by atoms with van der Waals surface area (Å²) in [6.45, 7) is 2.65. The molecule has 0 radical (unpaired) electrons. The van der Waals surface area contributed by atoms with Crippen LogP contribution in [0.15, 0.2) is 18.3 Å². The molecule has 0 bridgehead atoms. The Balaban J connectivity index is 1.43. The number of carboxylic acids is 1. The maximum atomic E-state index is 13.2. The molecule has 4 aromatic heterocycles. The van der Waals surface area contributed by atoms with Crippen molar-refractivity contribution in [2.75, 3.05) is 11.4 Å². The van der Waals surface area contributed by atoms with Crippen LogP contribution in [0, 0.1) is 0 Å². The Morgan fingerprint density at radius 1 is 1.25 bits per heavy atom. The number of rotatable bonds is 8. The molecule has 0 atom stereocenters. The van der Waals surface area contributed by atoms with E-state index in [-0.39, 0.29) is 44.5 Å². The average molecular weight is 522 g/mol. The van der Waals surface area contributed by atoms with Gasteiger partial charge in [0.1, 0.15) is 17.3 Å². The normalized spacial score (nSPS) is 13.8. The molecule has 0 saturated heterocycles. The summed E-state index contributed by atoms with van der Waals surface area (Å²) in [5.41, 5.74) is 1.29. The van der Waals surface area contributed by atoms with Crippen LogP contribution in [0.4, 0.5) is 19.0 Å². The average Bonchev–Trinajstić information content (AvgIpc) is 3.54. The van der Waals surface area contributed by atoms with E-state index < -0.39 is 18.0 Å². The lowest BCUT2D eigenvalue weighted by Gasteiger charge is -2.29. The summed E-state index contributed by atoms with van der Waals surface area (Å²) in [5, 5.41) is 16.9. The molecule has 5 heterocycles. The van der Waals surface area contributed by atoms with Crippen molar-refractivity contribution >= 4 is 33.3 Å². The van der Waals surface area contributed by atoms with Gasteiger partial charge in [-0.05, 0) is 24.1 Å². The minimum Gasteiger partial charge on any atom is -0.481 e. The molecule has 14 heteroatoms. The zero-order valence-electron chi connectivity index (χ0n) is 19.2. The zero-order valence-corrected chi connectivity index (χ0v) is 20.0. The largest absolute Gasteiger partial charge is 0.481 e. The highest BCUT2D eigenvalue weighted by atomic mass is 32.1. The van der Waals surface area contributed by atoms with Crippen LogP contribution >= 0.6 is 11.3 Å². The summed E-state index contributed by atoms with van der Waals surface area (Å²) in [5.74, 6) is -1.15. The van der Waals surface area contributed by atoms with E-state index >= 15 is 0 Å². The molecular weight excluding hydrogens is 499 g/mol. The van der Waals surface area contributed by atoms with Gasteiger partial charge in [-0.3, -0.25) is 4.79 Å². The Morgan fingerprint density at radius 2 is 2.08 bits per heavy atom. The molecule has 1 aliphatic rings. The van der Waals surface area contributed by atoms with Gasteiger partial charge in [0.25, 0.3) is 0 Å². The third-order valence-corrected chi connectivity index (χ3v) is 6.81. The SMILES string of the molecule is CCCc1cc2c(N3CCn4c(nnc4C(F)(F)F)C3)nc(OCc3cc(CC(=O)O)c[nH]3)nc2s1. The molecule has 0 aliphatic carbocycles. The van der Waals surface area contributed by atoms with Gasteiger partial charge in [-0.15, -0.1) is 21.5 Å². The van der Waals surface area contributed by atoms with Gasteiger partial charge in [-0.25, -0.2) is 0 Å². The highest BCUT2D eigenvalue weighted by Crippen LogP contribution is 2.36. The molecule has 4 aromatic rings. The van der Waals surface area contributed by atoms with Gasteiger partial charge in [-0.2, -0.15) is 23.1 Å². The summed E-state index contributed by atoms with van der Waals surface area (Å²) < 4.78 is 46.7. The molecule has 190 valence electrons. The Hall–Kier alpha value is -3.68. The number of fused-ring (bicyclic) bond motifs is 2. The molecular formula is C22H22F3N7O3S. The molecule has 1 aliphatic heterocycles. The minimum atomic E-state index is -4.57. The number of halogens is 3. The van der Waals surface area contributed by atoms with Gasteiger partial charge in [0.2, 0.25) is 5.82 Å². The topological polar surface area (TPSA) is 122 Å². The minimum absolute atomic E-state index is 0.0691. The standard InChI is InChI=1S/C22H22F3N7O3S/c1-2-3-14-8-15-18(31-4-5-32-16(10-31)29-30-20(32)22(23,24)25)27-21(28-19(15)36-14)35-11-13-6-12(9-26-13)7-17(33)34/h6,8-9,26H,2-5,7,10-11H2,1H3,(H,33,34). The van der Waals surface area contributed by atoms with Crippen molar-refractivity contribution in [2.24, 2.45) is 0 Å². The van der Waals surface area contributed by atoms with E-state index in [1.807, 2.05) is 11.0 Å². The first-order chi connectivity index (χ1) is 17.2. The molecule has 0 aromatic carbocycles. The highest BCUT2D eigenvalue weighted by Gasteiger charge is 2.39. The third kappa shape index (κ3) is 4.85. The number of aromatic nitrogens is 6. The Kier molecular flexibility index (Phi) is 6.28. The van der Waals surface area contributed by atoms with E-state index in [9.17, 15) is 18.0 Å². The van der Waals surface area contributed by atoms with Crippen LogP contribution in [-0.4, -0.2) is 47.3 Å². The van der Waals surface area contributed by atoms with Gasteiger partial charge < -0.3 is 24.3 Å². The number of ether oxygens (including phenoxy) is 1. The van der Waals surface area contributed by atoms with Crippen molar-refractivity contribution in [1.29, 1.82) is 0 Å². The summed E-state index contributed by atoms with van der Waals surface area (Å²) in [7, 11) is 0. The molecule has 0 unspecified atom stereocenters. The van der Waals surface area contributed by atoms with E-state index in [1.165, 1.54) is 11.3 Å². The van der Waals surface area contributed by atoms with Gasteiger partial charge in [0.15, 0.2) is 5.82 Å². The third-order valence-electron chi connectivity index (χ3n) is 5.72. The lowest BCUT2D eigenvalue weighted by atomic mass is 10.2. The molecule has 0 spiro atoms. The zero-order chi connectivity index (χ0) is 25.4. The Bertz CT molecular complexity index is 1410. The number of carboxylic acid groups (broad SMARTS) is 1. The molecule has 36 heavy (non-hydrogen) atoms. The first-order valence-corrected chi connectivity index (χ1v) is 12.1. The molecule has 0 saturated carbocycles. The molecule has 2 N–H and O–H groups in total. The summed E-state index contributed by atoms with van der Waals surface area (Å²) in [6.07, 6.45) is -1.24. The Morgan fingerprint density at radius 3 is 2.83 bits per heavy atom. The van der Waals surface area contributed by atoms with Gasteiger partial charge in [-0.1, -0.05) is 13.3 Å². The first-order valence-electron chi connectivity index (χ1n) is 11.3. The first kappa shape index (κ1) is 24.0. The number of nitrogens with zero attached hydrogens (tertiary/aromatic N) is 6. The van der Waals surface area contributed by atoms with Crippen LogP contribution < -0.4 is 9.64 Å². The number of hydrogen-bond donors (Lipinski definition) is 2. The quantitative estimate of drug-likeness (QED) is 0.359. The number of carbonyl (C=O) groups is 1. The number of H-pyrrole nitrogens is 1. The summed E-state index contributed by atoms with van der Waals surface area (Å²) in [4.78, 5) is 26.8. The van der Waals surface area contributed by atoms with Crippen LogP contribution in [0.2, 0.25) is 0 Å².